The van der Waals surface area contributed by atoms with Crippen LogP contribution in [0.25, 0.3) is 31.3 Å². The Bertz CT molecular complexity index is 5430. The van der Waals surface area contributed by atoms with Crippen molar-refractivity contribution in [1.82, 2.24) is 47.8 Å². The van der Waals surface area contributed by atoms with E-state index in [1.54, 1.807) is 35.8 Å². The van der Waals surface area contributed by atoms with Crippen LogP contribution in [0.15, 0.2) is 127 Å². The SMILES string of the molecule is CC(=O)OCC1OC2C(Oc3nc(=O)ccn32)C1O.CC(=O)OC[C@H]1O[C@@H](n2ccc(=O)[nH]c2=O)C(N=[N+]=[N-])[C@H]1O.CC(=O)OC[C@H]1O[C@@H](n2ccc(=O)[nH]c2=O)C(OS(=O)(=O)c2ccc(C)cc2)[C@H]1O.CC[C@H]1O[C@@H](n2cc(C)c(=O)[nH]c2=O)C(OS(C)(=O)=O)[C@H]1O.Cc1cn([C@@H]2O[C@H](CO)[C@H](O)C2O)c(=O)[nH]c1=O.[N-]=[N+]=N.[N-]=[N+]=N. The van der Waals surface area contributed by atoms with Crippen LogP contribution in [-0.4, -0.2) is 242 Å². The van der Waals surface area contributed by atoms with Crippen LogP contribution in [0.1, 0.15) is 81.9 Å². The Morgan fingerprint density at radius 1 is 0.530 bits per heavy atom. The Labute approximate surface area is 653 Å². The molecule has 5 aromatic heterocycles. The van der Waals surface area contributed by atoms with Gasteiger partial charge in [-0.05, 0) is 65.7 Å². The zero-order valence-corrected chi connectivity index (χ0v) is 63.9. The topological polar surface area (TPSA) is 786 Å². The van der Waals surface area contributed by atoms with E-state index in [4.69, 9.17) is 83.8 Å². The summed E-state index contributed by atoms with van der Waals surface area (Å²) < 4.78 is 111. The lowest BCUT2D eigenvalue weighted by Gasteiger charge is -2.21. The van der Waals surface area contributed by atoms with Crippen molar-refractivity contribution in [2.24, 2.45) is 5.11 Å². The lowest BCUT2D eigenvalue weighted by Crippen LogP contribution is -2.40. The van der Waals surface area contributed by atoms with Crippen LogP contribution in [0.5, 0.6) is 6.01 Å². The Morgan fingerprint density at radius 3 is 1.40 bits per heavy atom. The highest BCUT2D eigenvalue weighted by atomic mass is 32.2. The summed E-state index contributed by atoms with van der Waals surface area (Å²) in [4.78, 5) is 154. The first-order valence-corrected chi connectivity index (χ1v) is 37.1. The van der Waals surface area contributed by atoms with Gasteiger partial charge in [-0.3, -0.25) is 89.5 Å². The summed E-state index contributed by atoms with van der Waals surface area (Å²) >= 11 is 0. The Kier molecular flexibility index (Phi) is 33.6. The van der Waals surface area contributed by atoms with E-state index in [9.17, 15) is 105 Å². The molecule has 0 saturated carbocycles. The number of azide groups is 1. The van der Waals surface area contributed by atoms with E-state index < -0.39 is 225 Å². The van der Waals surface area contributed by atoms with Crippen LogP contribution >= 0.6 is 0 Å². The molecule has 55 heteroatoms. The van der Waals surface area contributed by atoms with Gasteiger partial charge in [-0.15, -0.1) is 11.1 Å². The van der Waals surface area contributed by atoms with Crippen LogP contribution < -0.4 is 55.3 Å². The standard InChI is InChI=1S/C18H20N2O9S.C12H18N2O7S.C11H13N5O6.C11H12N2O6.C10H14N2O6.2HN3/c1-10-3-5-12(6-4-10)30(25,26)29-16-15(23)13(9-27-11(2)21)28-17(16)20-8-7-14(22)19-18(20)24;1-4-7-8(15)9(21-22(3,18)19)11(20-7)14-5-6(2)10(16)13-12(14)17;1-5(17)21-4-6-9(19)8(14-15-12)10(22-6)16-3-2-7(18)13-11(16)20;1-5(14)17-4-6-8(16)9-10(18-6)13-3-2-7(15)12-11(13)19-9;1-4-2-12(10(17)11-8(4)16)9-7(15)6(14)5(3-13)18-9;2*1-3-2/h3-8,13,15-17,23H,9H2,1-2H3,(H,19,22,24);5,7-9,11,15H,4H2,1-3H3,(H,13,16,17);2-3,6,8-10,19H,4H2,1H3,(H,13,18,20);2-3,6,8-10,16H,4H2,1H3;2,5-7,9,13-15H,3H2,1H3,(H,11,16,17);2*1H/t13-,15+,16?,17-;7-,8+,9?,11-;6-,8?,9+,10-;;5-,6+,7?,9-;;/m111.1../s1. The van der Waals surface area contributed by atoms with E-state index in [1.165, 1.54) is 69.1 Å². The molecule has 11 heterocycles. The number of esters is 3. The molecule has 6 aromatic rings. The predicted molar refractivity (Wildman–Crippen MR) is 385 cm³/mol. The minimum Gasteiger partial charge on any atom is -0.463 e. The average Bonchev–Trinajstić information content (AvgIpc) is 1.60. The fourth-order valence-electron chi connectivity index (χ4n) is 11.5. The van der Waals surface area contributed by atoms with Gasteiger partial charge in [0, 0.05) is 86.0 Å². The van der Waals surface area contributed by atoms with Crippen LogP contribution in [0.3, 0.4) is 0 Å². The van der Waals surface area contributed by atoms with Crippen LogP contribution in [0, 0.1) is 31.8 Å². The van der Waals surface area contributed by atoms with Crippen molar-refractivity contribution in [3.63, 3.8) is 0 Å². The second-order valence-electron chi connectivity index (χ2n) is 25.3. The second kappa shape index (κ2) is 41.7. The van der Waals surface area contributed by atoms with Crippen molar-refractivity contribution in [2.45, 2.75) is 182 Å². The monoisotopic (exact) mass is 1700 g/mol. The molecule has 117 heavy (non-hydrogen) atoms. The van der Waals surface area contributed by atoms with Crippen molar-refractivity contribution in [1.29, 1.82) is 11.1 Å². The van der Waals surface area contributed by atoms with Crippen LogP contribution in [0.4, 0.5) is 0 Å². The molecular weight excluding hydrogens is 1620 g/mol. The van der Waals surface area contributed by atoms with Crippen molar-refractivity contribution in [3.8, 4) is 6.01 Å². The average molecular weight is 1700 g/mol. The summed E-state index contributed by atoms with van der Waals surface area (Å²) in [5.74, 6) is -1.65. The summed E-state index contributed by atoms with van der Waals surface area (Å²) in [6, 6.07) is 8.23. The number of hydrogen-bond donors (Lipinski definition) is 13. The normalized spacial score (nSPS) is 26.8. The number of aliphatic hydroxyl groups is 7. The third-order valence-corrected chi connectivity index (χ3v) is 18.9. The number of nitrogens with one attached hydrogen (secondary N) is 6. The van der Waals surface area contributed by atoms with E-state index >= 15 is 0 Å². The molecule has 6 aliphatic heterocycles. The van der Waals surface area contributed by atoms with E-state index in [2.05, 4.69) is 25.0 Å². The number of H-pyrrole nitrogens is 4. The number of aromatic amines is 4. The molecule has 5 saturated heterocycles. The van der Waals surface area contributed by atoms with Gasteiger partial charge in [0.05, 0.1) is 30.0 Å². The molecule has 5 fully saturated rings. The first-order valence-electron chi connectivity index (χ1n) is 33.8. The van der Waals surface area contributed by atoms with Gasteiger partial charge in [-0.1, -0.05) is 29.7 Å². The fraction of sp³-hybridized carbons (Fsp3) is 0.532. The van der Waals surface area contributed by atoms with Crippen LogP contribution in [0.2, 0.25) is 0 Å². The molecule has 638 valence electrons. The zero-order valence-electron chi connectivity index (χ0n) is 62.3. The van der Waals surface area contributed by atoms with Gasteiger partial charge in [0.2, 0.25) is 0 Å². The summed E-state index contributed by atoms with van der Waals surface area (Å²) in [6.45, 7) is 8.96. The molecule has 1 aromatic carbocycles. The molecule has 0 radical (unpaired) electrons. The van der Waals surface area contributed by atoms with E-state index in [0.717, 1.165) is 61.5 Å². The summed E-state index contributed by atoms with van der Waals surface area (Å²) in [7, 11) is -8.22. The molecule has 53 nitrogen and oxygen atoms in total. The highest BCUT2D eigenvalue weighted by molar-refractivity contribution is 7.86. The lowest BCUT2D eigenvalue weighted by molar-refractivity contribution is -0.148. The number of carbonyl (C=O) groups excluding carboxylic acids is 3. The quantitative estimate of drug-likeness (QED) is 0.00961. The van der Waals surface area contributed by atoms with Crippen molar-refractivity contribution >= 4 is 38.1 Å². The molecule has 0 aliphatic carbocycles. The molecule has 20 atom stereocenters. The molecule has 13 N–H and O–H groups in total. The minimum absolute atomic E-state index is 0.0458. The fourth-order valence-corrected chi connectivity index (χ4v) is 13.2. The number of nitrogens with zero attached hydrogens (tertiary/aromatic N) is 13. The number of aliphatic hydroxyl groups excluding tert-OH is 7. The number of carbonyl (C=O) groups is 3. The van der Waals surface area contributed by atoms with Gasteiger partial charge < -0.3 is 78.4 Å². The first-order chi connectivity index (χ1) is 55.0. The van der Waals surface area contributed by atoms with Gasteiger partial charge >= 0.3 is 46.7 Å². The number of hydrogen-bond acceptors (Lipinski definition) is 38. The Hall–Kier alpha value is -11.7. The van der Waals surface area contributed by atoms with E-state index in [-0.39, 0.29) is 35.2 Å². The van der Waals surface area contributed by atoms with Gasteiger partial charge in [0.15, 0.2) is 43.2 Å². The Morgan fingerprint density at radius 2 is 0.940 bits per heavy atom. The maximum absolute atomic E-state index is 12.7. The highest BCUT2D eigenvalue weighted by Gasteiger charge is 2.53. The number of aryl methyl sites for hydroxylation is 3. The molecule has 0 amide bonds. The predicted octanol–water partition coefficient (Wildman–Crippen LogP) is -4.63. The second-order valence-corrected chi connectivity index (χ2v) is 28.5. The van der Waals surface area contributed by atoms with Gasteiger partial charge in [0.1, 0.15) is 87.0 Å². The van der Waals surface area contributed by atoms with Crippen molar-refractivity contribution in [3.05, 3.63) is 215 Å². The third-order valence-electron chi connectivity index (χ3n) is 17.0. The molecule has 6 aliphatic rings. The summed E-state index contributed by atoms with van der Waals surface area (Å²) in [5, 5.41) is 72.6. The molecule has 0 bridgehead atoms. The minimum atomic E-state index is -4.35. The number of rotatable bonds is 18. The first kappa shape index (κ1) is 94.2. The zero-order chi connectivity index (χ0) is 87.4. The van der Waals surface area contributed by atoms with E-state index in [1.807, 2.05) is 9.97 Å². The van der Waals surface area contributed by atoms with Crippen LogP contribution in [-0.2, 0) is 80.9 Å². The smallest absolute Gasteiger partial charge is 0.330 e. The molecular formula is C62H79N19O34S2. The number of ether oxygens (including phenoxy) is 9. The molecule has 8 unspecified atom stereocenters. The number of benzene rings is 1. The van der Waals surface area contributed by atoms with Crippen molar-refractivity contribution < 1.29 is 118 Å². The van der Waals surface area contributed by atoms with E-state index in [0.29, 0.717) is 6.42 Å². The van der Waals surface area contributed by atoms with Gasteiger partial charge in [0.25, 0.3) is 48.0 Å². The lowest BCUT2D eigenvalue weighted by atomic mass is 10.1. The highest BCUT2D eigenvalue weighted by Crippen LogP contribution is 2.40. The maximum Gasteiger partial charge on any atom is 0.330 e. The van der Waals surface area contributed by atoms with Gasteiger partial charge in [-0.2, -0.15) is 21.8 Å². The maximum atomic E-state index is 12.7. The number of aromatic nitrogens is 10. The molecule has 12 rings (SSSR count). The van der Waals surface area contributed by atoms with Crippen molar-refractivity contribution in [2.75, 3.05) is 32.7 Å². The number of fused-ring (bicyclic) bond motifs is 3. The largest absolute Gasteiger partial charge is 0.463 e. The molecule has 0 spiro atoms. The van der Waals surface area contributed by atoms with Gasteiger partial charge in [-0.25, -0.2) is 19.2 Å². The third kappa shape index (κ3) is 24.4. The Balaban J connectivity index is 0.000000225. The summed E-state index contributed by atoms with van der Waals surface area (Å²) in [5.41, 5.74) is 28.5. The summed E-state index contributed by atoms with van der Waals surface area (Å²) in [6.07, 6.45) is -13.5.